The van der Waals surface area contributed by atoms with Crippen LogP contribution in [0.2, 0.25) is 0 Å². The zero-order chi connectivity index (χ0) is 16.0. The molecule has 0 unspecified atom stereocenters. The number of rotatable bonds is 2. The number of benzene rings is 2. The molecule has 4 rings (SSSR count). The number of hydrogen-bond donors (Lipinski definition) is 1. The standard InChI is InChI=1S/C16H12BrN3O2S/c17-10-2-1-3-11(8-10)20-16-15-12-6-7-23(21,22)14(12)5-4-13(15)18-9-19-16/h1-5,8-9H,6-7H2,(H,18,19,20). The Morgan fingerprint density at radius 1 is 1.13 bits per heavy atom. The molecule has 7 heteroatoms. The molecule has 116 valence electrons. The van der Waals surface area contributed by atoms with E-state index in [1.165, 1.54) is 6.33 Å². The zero-order valence-electron chi connectivity index (χ0n) is 12.0. The van der Waals surface area contributed by atoms with Crippen molar-refractivity contribution in [1.29, 1.82) is 0 Å². The Morgan fingerprint density at radius 2 is 2.00 bits per heavy atom. The molecule has 0 saturated carbocycles. The van der Waals surface area contributed by atoms with Gasteiger partial charge in [-0.05, 0) is 42.3 Å². The maximum Gasteiger partial charge on any atom is 0.179 e. The minimum Gasteiger partial charge on any atom is -0.340 e. The maximum absolute atomic E-state index is 12.1. The Kier molecular flexibility index (Phi) is 3.35. The number of nitrogens with one attached hydrogen (secondary N) is 1. The van der Waals surface area contributed by atoms with Crippen LogP contribution in [0, 0.1) is 0 Å². The summed E-state index contributed by atoms with van der Waals surface area (Å²) < 4.78 is 25.2. The van der Waals surface area contributed by atoms with Crippen LogP contribution in [0.3, 0.4) is 0 Å². The predicted molar refractivity (Wildman–Crippen MR) is 92.7 cm³/mol. The summed E-state index contributed by atoms with van der Waals surface area (Å²) in [6.45, 7) is 0. The molecule has 1 aromatic heterocycles. The van der Waals surface area contributed by atoms with Gasteiger partial charge in [0.05, 0.1) is 16.2 Å². The van der Waals surface area contributed by atoms with Gasteiger partial charge < -0.3 is 5.32 Å². The van der Waals surface area contributed by atoms with Crippen molar-refractivity contribution in [3.8, 4) is 0 Å². The number of aromatic nitrogens is 2. The number of halogens is 1. The van der Waals surface area contributed by atoms with E-state index >= 15 is 0 Å². The van der Waals surface area contributed by atoms with Gasteiger partial charge in [-0.15, -0.1) is 0 Å². The van der Waals surface area contributed by atoms with Crippen molar-refractivity contribution >= 4 is 48.2 Å². The van der Waals surface area contributed by atoms with Crippen molar-refractivity contribution in [3.63, 3.8) is 0 Å². The number of aryl methyl sites for hydroxylation is 1. The molecule has 1 N–H and O–H groups in total. The Labute approximate surface area is 141 Å². The maximum atomic E-state index is 12.1. The van der Waals surface area contributed by atoms with Gasteiger partial charge in [0, 0.05) is 15.5 Å². The molecule has 0 amide bonds. The van der Waals surface area contributed by atoms with E-state index in [0.29, 0.717) is 17.1 Å². The number of sulfone groups is 1. The molecule has 0 radical (unpaired) electrons. The van der Waals surface area contributed by atoms with E-state index < -0.39 is 9.84 Å². The normalized spacial score (nSPS) is 15.5. The molecule has 0 fully saturated rings. The minimum atomic E-state index is -3.18. The van der Waals surface area contributed by atoms with Crippen molar-refractivity contribution in [2.45, 2.75) is 11.3 Å². The zero-order valence-corrected chi connectivity index (χ0v) is 14.4. The number of fused-ring (bicyclic) bond motifs is 3. The fraction of sp³-hybridized carbons (Fsp3) is 0.125. The molecule has 0 atom stereocenters. The molecule has 2 aromatic carbocycles. The van der Waals surface area contributed by atoms with Gasteiger partial charge in [0.25, 0.3) is 0 Å². The minimum absolute atomic E-state index is 0.146. The van der Waals surface area contributed by atoms with Gasteiger partial charge >= 0.3 is 0 Å². The smallest absolute Gasteiger partial charge is 0.179 e. The molecule has 3 aromatic rings. The lowest BCUT2D eigenvalue weighted by Gasteiger charge is -2.11. The van der Waals surface area contributed by atoms with Crippen LogP contribution in [-0.4, -0.2) is 24.1 Å². The lowest BCUT2D eigenvalue weighted by molar-refractivity contribution is 0.600. The summed E-state index contributed by atoms with van der Waals surface area (Å²) >= 11 is 3.44. The van der Waals surface area contributed by atoms with Gasteiger partial charge in [0.1, 0.15) is 12.1 Å². The van der Waals surface area contributed by atoms with Gasteiger partial charge in [-0.3, -0.25) is 0 Å². The average Bonchev–Trinajstić information content (AvgIpc) is 2.83. The van der Waals surface area contributed by atoms with Crippen LogP contribution in [0.1, 0.15) is 5.56 Å². The molecule has 0 spiro atoms. The fourth-order valence-electron chi connectivity index (χ4n) is 2.89. The van der Waals surface area contributed by atoms with Crippen LogP contribution in [-0.2, 0) is 16.3 Å². The first-order valence-corrected chi connectivity index (χ1v) is 9.51. The van der Waals surface area contributed by atoms with Crippen LogP contribution >= 0.6 is 15.9 Å². The highest BCUT2D eigenvalue weighted by atomic mass is 79.9. The van der Waals surface area contributed by atoms with Gasteiger partial charge in [0.15, 0.2) is 9.84 Å². The Balaban J connectivity index is 1.92. The molecule has 0 saturated heterocycles. The van der Waals surface area contributed by atoms with E-state index in [2.05, 4.69) is 31.2 Å². The van der Waals surface area contributed by atoms with Crippen molar-refractivity contribution in [2.24, 2.45) is 0 Å². The fourth-order valence-corrected chi connectivity index (χ4v) is 4.83. The van der Waals surface area contributed by atoms with E-state index in [-0.39, 0.29) is 5.75 Å². The lowest BCUT2D eigenvalue weighted by atomic mass is 10.1. The van der Waals surface area contributed by atoms with Crippen molar-refractivity contribution in [2.75, 3.05) is 11.1 Å². The second-order valence-electron chi connectivity index (χ2n) is 5.36. The first-order chi connectivity index (χ1) is 11.0. The number of hydrogen-bond acceptors (Lipinski definition) is 5. The van der Waals surface area contributed by atoms with Crippen molar-refractivity contribution in [3.05, 3.63) is 52.8 Å². The molecule has 1 aliphatic rings. The molecule has 5 nitrogen and oxygen atoms in total. The van der Waals surface area contributed by atoms with Crippen molar-refractivity contribution in [1.82, 2.24) is 9.97 Å². The third kappa shape index (κ3) is 2.49. The summed E-state index contributed by atoms with van der Waals surface area (Å²) in [5.74, 6) is 0.772. The Morgan fingerprint density at radius 3 is 2.83 bits per heavy atom. The van der Waals surface area contributed by atoms with Gasteiger partial charge in [-0.25, -0.2) is 18.4 Å². The summed E-state index contributed by atoms with van der Waals surface area (Å²) in [6.07, 6.45) is 1.98. The largest absolute Gasteiger partial charge is 0.340 e. The highest BCUT2D eigenvalue weighted by Crippen LogP contribution is 2.35. The first kappa shape index (κ1) is 14.6. The average molecular weight is 390 g/mol. The van der Waals surface area contributed by atoms with Crippen LogP contribution < -0.4 is 5.32 Å². The molecular weight excluding hydrogens is 378 g/mol. The van der Waals surface area contributed by atoms with E-state index in [9.17, 15) is 8.42 Å². The van der Waals surface area contributed by atoms with Crippen LogP contribution in [0.5, 0.6) is 0 Å². The van der Waals surface area contributed by atoms with Crippen LogP contribution in [0.15, 0.2) is 52.1 Å². The van der Waals surface area contributed by atoms with Gasteiger partial charge in [-0.1, -0.05) is 22.0 Å². The van der Waals surface area contributed by atoms with Gasteiger partial charge in [0.2, 0.25) is 0 Å². The Bertz CT molecular complexity index is 1030. The second-order valence-corrected chi connectivity index (χ2v) is 8.36. The molecule has 0 bridgehead atoms. The first-order valence-electron chi connectivity index (χ1n) is 7.06. The highest BCUT2D eigenvalue weighted by Gasteiger charge is 2.29. The molecule has 0 aliphatic carbocycles. The van der Waals surface area contributed by atoms with E-state index in [0.717, 1.165) is 26.6 Å². The van der Waals surface area contributed by atoms with Gasteiger partial charge in [-0.2, -0.15) is 0 Å². The topological polar surface area (TPSA) is 72.0 Å². The van der Waals surface area contributed by atoms with Crippen LogP contribution in [0.4, 0.5) is 11.5 Å². The molecule has 1 aliphatic heterocycles. The summed E-state index contributed by atoms with van der Waals surface area (Å²) in [5, 5.41) is 4.05. The summed E-state index contributed by atoms with van der Waals surface area (Å²) in [6, 6.07) is 11.1. The van der Waals surface area contributed by atoms with Crippen LogP contribution in [0.25, 0.3) is 10.9 Å². The number of anilines is 2. The quantitative estimate of drug-likeness (QED) is 0.726. The molecule has 2 heterocycles. The monoisotopic (exact) mass is 389 g/mol. The lowest BCUT2D eigenvalue weighted by Crippen LogP contribution is -2.00. The highest BCUT2D eigenvalue weighted by molar-refractivity contribution is 9.10. The second kappa shape index (κ2) is 5.28. The van der Waals surface area contributed by atoms with E-state index in [1.54, 1.807) is 12.1 Å². The molecule has 23 heavy (non-hydrogen) atoms. The predicted octanol–water partition coefficient (Wildman–Crippen LogP) is 3.47. The third-order valence-electron chi connectivity index (χ3n) is 3.91. The van der Waals surface area contributed by atoms with E-state index in [4.69, 9.17) is 0 Å². The SMILES string of the molecule is O=S1(=O)CCc2c1ccc1ncnc(Nc3cccc(Br)c3)c21. The summed E-state index contributed by atoms with van der Waals surface area (Å²) in [5.41, 5.74) is 2.42. The number of nitrogens with zero attached hydrogens (tertiary/aromatic N) is 2. The third-order valence-corrected chi connectivity index (χ3v) is 6.20. The summed E-state index contributed by atoms with van der Waals surface area (Å²) in [4.78, 5) is 9.00. The molecular formula is C16H12BrN3O2S. The van der Waals surface area contributed by atoms with Crippen molar-refractivity contribution < 1.29 is 8.42 Å². The van der Waals surface area contributed by atoms with E-state index in [1.807, 2.05) is 24.3 Å². The summed E-state index contributed by atoms with van der Waals surface area (Å²) in [7, 11) is -3.18. The Hall–Kier alpha value is -1.99.